The molecule has 176 valence electrons. The van der Waals surface area contributed by atoms with Crippen molar-refractivity contribution in [1.29, 1.82) is 0 Å². The number of para-hydroxylation sites is 1. The molecule has 3 aromatic carbocycles. The van der Waals surface area contributed by atoms with Crippen molar-refractivity contribution < 1.29 is 32.6 Å². The molecule has 4 rings (SSSR count). The van der Waals surface area contributed by atoms with Gasteiger partial charge in [-0.3, -0.25) is 4.79 Å². The number of hydrogen-bond acceptors (Lipinski definition) is 4. The van der Waals surface area contributed by atoms with Crippen LogP contribution in [0.25, 0.3) is 0 Å². The fraction of sp³-hybridized carbons (Fsp3) is 0.200. The van der Waals surface area contributed by atoms with Gasteiger partial charge in [0.25, 0.3) is 0 Å². The van der Waals surface area contributed by atoms with Crippen LogP contribution in [0.4, 0.5) is 18.0 Å². The Balaban J connectivity index is 1.78. The Morgan fingerprint density at radius 2 is 1.62 bits per heavy atom. The van der Waals surface area contributed by atoms with Crippen molar-refractivity contribution in [3.05, 3.63) is 95.6 Å². The highest BCUT2D eigenvalue weighted by Crippen LogP contribution is 2.44. The molecule has 9 heteroatoms. The van der Waals surface area contributed by atoms with Gasteiger partial charge in [0.1, 0.15) is 17.4 Å². The first-order valence-electron chi connectivity index (χ1n) is 10.4. The Morgan fingerprint density at radius 3 is 2.26 bits per heavy atom. The molecule has 1 fully saturated rings. The lowest BCUT2D eigenvalue weighted by Gasteiger charge is -2.45. The number of urea groups is 1. The van der Waals surface area contributed by atoms with E-state index in [0.717, 1.165) is 5.56 Å². The van der Waals surface area contributed by atoms with Crippen LogP contribution >= 0.6 is 0 Å². The first-order valence-corrected chi connectivity index (χ1v) is 10.4. The quantitative estimate of drug-likeness (QED) is 0.464. The molecule has 3 atom stereocenters. The van der Waals surface area contributed by atoms with E-state index >= 15 is 0 Å². The summed E-state index contributed by atoms with van der Waals surface area (Å²) in [5.41, 5.74) is -2.85. The number of halogens is 3. The maximum atomic E-state index is 14.1. The Labute approximate surface area is 193 Å². The lowest BCUT2D eigenvalue weighted by molar-refractivity contribution is -0.287. The predicted molar refractivity (Wildman–Crippen MR) is 117 cm³/mol. The standard InChI is InChI=1S/C25H21F3N2O4/c1-15-10-12-16(13-11-15)22(31)20-21(29-23(32)30-24(20,33)25(26,27)28)17-6-5-9-19(14-17)34-18-7-3-2-4-8-18/h2-14,20-21,33H,1H3,(H2,29,30,32)/t20-,21-,24+/m0/s1. The van der Waals surface area contributed by atoms with Gasteiger partial charge < -0.3 is 20.5 Å². The molecule has 1 heterocycles. The minimum absolute atomic E-state index is 0.0297. The van der Waals surface area contributed by atoms with E-state index in [4.69, 9.17) is 4.74 Å². The fourth-order valence-electron chi connectivity index (χ4n) is 3.91. The van der Waals surface area contributed by atoms with Crippen LogP contribution in [-0.4, -0.2) is 28.8 Å². The minimum Gasteiger partial charge on any atom is -0.457 e. The number of ketones is 1. The van der Waals surface area contributed by atoms with Crippen LogP contribution in [0.5, 0.6) is 11.5 Å². The summed E-state index contributed by atoms with van der Waals surface area (Å²) in [7, 11) is 0. The number of Topliss-reactive ketones (excluding diaryl/α,β-unsaturated/α-hetero) is 1. The van der Waals surface area contributed by atoms with Gasteiger partial charge in [-0.1, -0.05) is 60.2 Å². The molecule has 1 aliphatic heterocycles. The second kappa shape index (κ2) is 8.83. The van der Waals surface area contributed by atoms with Crippen LogP contribution < -0.4 is 15.4 Å². The molecule has 0 aromatic heterocycles. The molecular weight excluding hydrogens is 449 g/mol. The summed E-state index contributed by atoms with van der Waals surface area (Å²) in [6.07, 6.45) is -5.33. The number of carbonyl (C=O) groups is 2. The average molecular weight is 470 g/mol. The van der Waals surface area contributed by atoms with E-state index in [1.165, 1.54) is 35.6 Å². The van der Waals surface area contributed by atoms with Crippen molar-refractivity contribution in [2.24, 2.45) is 5.92 Å². The second-order valence-corrected chi connectivity index (χ2v) is 8.04. The lowest BCUT2D eigenvalue weighted by Crippen LogP contribution is -2.72. The molecule has 0 bridgehead atoms. The van der Waals surface area contributed by atoms with Crippen LogP contribution in [-0.2, 0) is 0 Å². The van der Waals surface area contributed by atoms with Gasteiger partial charge in [0.2, 0.25) is 5.72 Å². The van der Waals surface area contributed by atoms with Gasteiger partial charge in [-0.25, -0.2) is 4.79 Å². The van der Waals surface area contributed by atoms with Crippen molar-refractivity contribution in [3.8, 4) is 11.5 Å². The van der Waals surface area contributed by atoms with E-state index < -0.39 is 35.7 Å². The third-order valence-electron chi connectivity index (χ3n) is 5.62. The van der Waals surface area contributed by atoms with E-state index in [1.807, 2.05) is 0 Å². The molecule has 0 unspecified atom stereocenters. The third kappa shape index (κ3) is 4.47. The van der Waals surface area contributed by atoms with Crippen LogP contribution in [0, 0.1) is 12.8 Å². The van der Waals surface area contributed by atoms with Gasteiger partial charge in [0.05, 0.1) is 6.04 Å². The number of aryl methyl sites for hydroxylation is 1. The van der Waals surface area contributed by atoms with Crippen molar-refractivity contribution in [2.75, 3.05) is 0 Å². The van der Waals surface area contributed by atoms with Crippen molar-refractivity contribution in [3.63, 3.8) is 0 Å². The molecule has 34 heavy (non-hydrogen) atoms. The molecule has 0 radical (unpaired) electrons. The molecule has 3 aromatic rings. The van der Waals surface area contributed by atoms with Crippen molar-refractivity contribution >= 4 is 11.8 Å². The highest BCUT2D eigenvalue weighted by molar-refractivity contribution is 6.00. The Kier molecular flexibility index (Phi) is 6.05. The van der Waals surface area contributed by atoms with Gasteiger partial charge >= 0.3 is 12.2 Å². The summed E-state index contributed by atoms with van der Waals surface area (Å²) in [6, 6.07) is 17.9. The number of amides is 2. The highest BCUT2D eigenvalue weighted by atomic mass is 19.4. The summed E-state index contributed by atoms with van der Waals surface area (Å²) < 4.78 is 48.0. The molecule has 3 N–H and O–H groups in total. The van der Waals surface area contributed by atoms with Gasteiger partial charge in [-0.15, -0.1) is 0 Å². The van der Waals surface area contributed by atoms with Gasteiger partial charge in [-0.05, 0) is 36.8 Å². The van der Waals surface area contributed by atoms with Crippen molar-refractivity contribution in [1.82, 2.24) is 10.6 Å². The number of aliphatic hydroxyl groups is 1. The van der Waals surface area contributed by atoms with Crippen LogP contribution in [0.2, 0.25) is 0 Å². The Hall–Kier alpha value is -3.85. The van der Waals surface area contributed by atoms with E-state index in [2.05, 4.69) is 5.32 Å². The number of benzene rings is 3. The highest BCUT2D eigenvalue weighted by Gasteiger charge is 2.66. The normalized spacial score (nSPS) is 22.4. The number of carbonyl (C=O) groups excluding carboxylic acids is 2. The first-order chi connectivity index (χ1) is 16.1. The zero-order valence-electron chi connectivity index (χ0n) is 18.0. The first kappa shape index (κ1) is 23.3. The Morgan fingerprint density at radius 1 is 0.971 bits per heavy atom. The van der Waals surface area contributed by atoms with E-state index in [9.17, 15) is 27.9 Å². The van der Waals surface area contributed by atoms with E-state index in [1.54, 1.807) is 55.5 Å². The number of ether oxygens (including phenoxy) is 1. The second-order valence-electron chi connectivity index (χ2n) is 8.04. The van der Waals surface area contributed by atoms with E-state index in [-0.39, 0.29) is 16.9 Å². The van der Waals surface area contributed by atoms with Gasteiger partial charge in [-0.2, -0.15) is 13.2 Å². The molecule has 0 aliphatic carbocycles. The number of hydrogen-bond donors (Lipinski definition) is 3. The number of rotatable bonds is 5. The van der Waals surface area contributed by atoms with Crippen LogP contribution in [0.1, 0.15) is 27.5 Å². The van der Waals surface area contributed by atoms with Crippen molar-refractivity contribution in [2.45, 2.75) is 24.9 Å². The summed E-state index contributed by atoms with van der Waals surface area (Å²) in [5.74, 6) is -2.31. The summed E-state index contributed by atoms with van der Waals surface area (Å²) in [6.45, 7) is 1.77. The molecule has 1 saturated heterocycles. The van der Waals surface area contributed by atoms with E-state index in [0.29, 0.717) is 5.75 Å². The summed E-state index contributed by atoms with van der Waals surface area (Å²) in [5, 5.41) is 14.6. The average Bonchev–Trinajstić information content (AvgIpc) is 2.79. The predicted octanol–water partition coefficient (Wildman–Crippen LogP) is 4.89. The third-order valence-corrected chi connectivity index (χ3v) is 5.62. The summed E-state index contributed by atoms with van der Waals surface area (Å²) in [4.78, 5) is 25.6. The number of alkyl halides is 3. The van der Waals surface area contributed by atoms with Gasteiger partial charge in [0.15, 0.2) is 5.78 Å². The monoisotopic (exact) mass is 470 g/mol. The maximum absolute atomic E-state index is 14.1. The lowest BCUT2D eigenvalue weighted by atomic mass is 9.77. The topological polar surface area (TPSA) is 87.7 Å². The smallest absolute Gasteiger partial charge is 0.437 e. The zero-order chi connectivity index (χ0) is 24.5. The fourth-order valence-corrected chi connectivity index (χ4v) is 3.91. The molecule has 0 saturated carbocycles. The maximum Gasteiger partial charge on any atom is 0.437 e. The molecule has 1 aliphatic rings. The largest absolute Gasteiger partial charge is 0.457 e. The molecule has 0 spiro atoms. The molecule has 2 amide bonds. The Bertz CT molecular complexity index is 1200. The van der Waals surface area contributed by atoms with Crippen LogP contribution in [0.3, 0.4) is 0 Å². The zero-order valence-corrected chi connectivity index (χ0v) is 18.0. The van der Waals surface area contributed by atoms with Crippen LogP contribution in [0.15, 0.2) is 78.9 Å². The molecular formula is C25H21F3N2O4. The number of nitrogens with one attached hydrogen (secondary N) is 2. The minimum atomic E-state index is -5.33. The SMILES string of the molecule is Cc1ccc(C(=O)[C@@H]2[C@H](c3cccc(Oc4ccccc4)c3)NC(=O)N[C@]2(O)C(F)(F)F)cc1. The summed E-state index contributed by atoms with van der Waals surface area (Å²) >= 11 is 0. The van der Waals surface area contributed by atoms with Gasteiger partial charge in [0, 0.05) is 5.56 Å². The molecule has 6 nitrogen and oxygen atoms in total.